The quantitative estimate of drug-likeness (QED) is 0.373. The number of carbonyl (C=O) groups is 1. The van der Waals surface area contributed by atoms with Crippen molar-refractivity contribution in [3.8, 4) is 5.75 Å². The van der Waals surface area contributed by atoms with Crippen LogP contribution in [0, 0.1) is 6.92 Å². The summed E-state index contributed by atoms with van der Waals surface area (Å²) in [5.41, 5.74) is 4.36. The van der Waals surface area contributed by atoms with Crippen LogP contribution >= 0.6 is 11.6 Å². The van der Waals surface area contributed by atoms with Crippen molar-refractivity contribution in [3.05, 3.63) is 94.5 Å². The minimum atomic E-state index is -0.408. The van der Waals surface area contributed by atoms with Gasteiger partial charge in [0.2, 0.25) is 0 Å². The molecule has 1 atom stereocenters. The number of halogens is 1. The van der Waals surface area contributed by atoms with Crippen LogP contribution < -0.4 is 4.74 Å². The maximum atomic E-state index is 13.2. The molecular weight excluding hydrogens is 426 g/mol. The van der Waals surface area contributed by atoms with Crippen LogP contribution in [0.3, 0.4) is 0 Å². The lowest BCUT2D eigenvalue weighted by Gasteiger charge is -2.22. The van der Waals surface area contributed by atoms with E-state index < -0.39 is 6.04 Å². The molecule has 1 unspecified atom stereocenters. The number of rotatable bonds is 4. The van der Waals surface area contributed by atoms with Crippen molar-refractivity contribution in [2.45, 2.75) is 19.4 Å². The summed E-state index contributed by atoms with van der Waals surface area (Å²) in [4.78, 5) is 17.8. The summed E-state index contributed by atoms with van der Waals surface area (Å²) >= 11 is 6.63. The summed E-state index contributed by atoms with van der Waals surface area (Å²) in [5, 5.41) is 7.38. The molecule has 0 radical (unpaired) electrons. The van der Waals surface area contributed by atoms with Gasteiger partial charge < -0.3 is 9.15 Å². The number of furan rings is 1. The number of carbonyl (C=O) groups excluding carboxylic acids is 1. The molecule has 5 rings (SSSR count). The Balaban J connectivity index is 1.60. The third kappa shape index (κ3) is 3.63. The van der Waals surface area contributed by atoms with Gasteiger partial charge in [0.25, 0.3) is 0 Å². The van der Waals surface area contributed by atoms with Crippen molar-refractivity contribution in [3.63, 3.8) is 0 Å². The number of hydrogen-bond acceptors (Lipinski definition) is 5. The first-order valence-electron chi connectivity index (χ1n) is 10.2. The average Bonchev–Trinajstić information content (AvgIpc) is 3.48. The van der Waals surface area contributed by atoms with Crippen LogP contribution in [-0.2, 0) is 0 Å². The second-order valence-electron chi connectivity index (χ2n) is 7.69. The second kappa shape index (κ2) is 8.13. The Hall–Kier alpha value is -3.64. The smallest absolute Gasteiger partial charge is 0.310 e. The molecule has 0 saturated carbocycles. The van der Waals surface area contributed by atoms with Crippen LogP contribution in [0.25, 0.3) is 10.9 Å². The van der Waals surface area contributed by atoms with E-state index in [1.165, 1.54) is 11.3 Å². The molecule has 0 bridgehead atoms. The van der Waals surface area contributed by atoms with Crippen molar-refractivity contribution in [1.29, 1.82) is 0 Å². The van der Waals surface area contributed by atoms with Crippen molar-refractivity contribution in [2.75, 3.05) is 7.11 Å². The first-order valence-corrected chi connectivity index (χ1v) is 10.6. The topological polar surface area (TPSA) is 67.9 Å². The molecule has 0 fully saturated rings. The Labute approximate surface area is 190 Å². The first kappa shape index (κ1) is 20.3. The summed E-state index contributed by atoms with van der Waals surface area (Å²) in [7, 11) is 1.61. The lowest BCUT2D eigenvalue weighted by atomic mass is 9.97. The van der Waals surface area contributed by atoms with E-state index in [0.717, 1.165) is 33.3 Å². The molecule has 2 aromatic carbocycles. The third-order valence-electron chi connectivity index (χ3n) is 5.57. The molecule has 0 saturated heterocycles. The van der Waals surface area contributed by atoms with Gasteiger partial charge in [-0.15, -0.1) is 0 Å². The summed E-state index contributed by atoms with van der Waals surface area (Å²) in [6.07, 6.45) is 1.99. The minimum Gasteiger partial charge on any atom is -0.497 e. The van der Waals surface area contributed by atoms with Gasteiger partial charge >= 0.3 is 5.91 Å². The van der Waals surface area contributed by atoms with Crippen molar-refractivity contribution < 1.29 is 13.9 Å². The van der Waals surface area contributed by atoms with Crippen molar-refractivity contribution in [1.82, 2.24) is 9.99 Å². The van der Waals surface area contributed by atoms with Crippen LogP contribution in [0.15, 0.2) is 76.4 Å². The maximum Gasteiger partial charge on any atom is 0.310 e. The zero-order valence-corrected chi connectivity index (χ0v) is 18.3. The number of aromatic nitrogens is 1. The summed E-state index contributed by atoms with van der Waals surface area (Å²) in [6, 6.07) is 18.6. The molecule has 32 heavy (non-hydrogen) atoms. The van der Waals surface area contributed by atoms with E-state index in [2.05, 4.69) is 11.1 Å². The number of hydrogen-bond donors (Lipinski definition) is 0. The molecule has 0 spiro atoms. The fraction of sp³-hybridized carbons (Fsp3) is 0.160. The predicted octanol–water partition coefficient (Wildman–Crippen LogP) is 5.79. The third-order valence-corrected chi connectivity index (χ3v) is 5.87. The van der Waals surface area contributed by atoms with Crippen LogP contribution in [0.2, 0.25) is 5.15 Å². The number of hydrazone groups is 1. The lowest BCUT2D eigenvalue weighted by Crippen LogP contribution is -2.27. The van der Waals surface area contributed by atoms with Gasteiger partial charge in [0.1, 0.15) is 10.9 Å². The Kier molecular flexibility index (Phi) is 5.15. The molecule has 160 valence electrons. The Morgan fingerprint density at radius 3 is 2.78 bits per heavy atom. The monoisotopic (exact) mass is 445 g/mol. The Morgan fingerprint density at radius 2 is 2.03 bits per heavy atom. The van der Waals surface area contributed by atoms with E-state index in [-0.39, 0.29) is 11.7 Å². The SMILES string of the molecule is COc1ccc2cc(C3CC(c4cccc(C)c4)=NN3C(=O)c3ccco3)c(Cl)nc2c1. The summed E-state index contributed by atoms with van der Waals surface area (Å²) in [6.45, 7) is 2.03. The van der Waals surface area contributed by atoms with Gasteiger partial charge in [-0.2, -0.15) is 5.10 Å². The number of pyridine rings is 1. The highest BCUT2D eigenvalue weighted by Gasteiger charge is 2.36. The zero-order chi connectivity index (χ0) is 22.2. The standard InChI is InChI=1S/C25H20ClN3O3/c1-15-5-3-6-16(11-15)21-14-22(29(28-21)25(30)23-7-4-10-32-23)19-12-17-8-9-18(31-2)13-20(17)27-24(19)26/h3-13,22H,14H2,1-2H3. The van der Waals surface area contributed by atoms with Crippen LogP contribution in [-0.4, -0.2) is 28.7 Å². The largest absolute Gasteiger partial charge is 0.497 e. The molecule has 6 nitrogen and oxygen atoms in total. The number of benzene rings is 2. The molecule has 3 heterocycles. The molecule has 1 aliphatic heterocycles. The van der Waals surface area contributed by atoms with Gasteiger partial charge in [0.05, 0.1) is 30.6 Å². The molecular formula is C25H20ClN3O3. The first-order chi connectivity index (χ1) is 15.5. The number of amides is 1. The number of fused-ring (bicyclic) bond motifs is 1. The fourth-order valence-electron chi connectivity index (χ4n) is 3.95. The Bertz CT molecular complexity index is 1350. The van der Waals surface area contributed by atoms with Gasteiger partial charge in [-0.3, -0.25) is 4.79 Å². The van der Waals surface area contributed by atoms with E-state index in [1.807, 2.05) is 49.4 Å². The van der Waals surface area contributed by atoms with E-state index in [4.69, 9.17) is 25.9 Å². The molecule has 0 aliphatic carbocycles. The van der Waals surface area contributed by atoms with Crippen molar-refractivity contribution >= 4 is 34.1 Å². The van der Waals surface area contributed by atoms with Gasteiger partial charge in [-0.25, -0.2) is 9.99 Å². The minimum absolute atomic E-state index is 0.221. The zero-order valence-electron chi connectivity index (χ0n) is 17.6. The molecule has 1 aliphatic rings. The number of ether oxygens (including phenoxy) is 1. The van der Waals surface area contributed by atoms with Crippen molar-refractivity contribution in [2.24, 2.45) is 5.10 Å². The molecule has 0 N–H and O–H groups in total. The maximum absolute atomic E-state index is 13.2. The normalized spacial score (nSPS) is 15.8. The van der Waals surface area contributed by atoms with E-state index >= 15 is 0 Å². The van der Waals surface area contributed by atoms with Gasteiger partial charge in [-0.05, 0) is 42.8 Å². The number of nitrogens with zero attached hydrogens (tertiary/aromatic N) is 3. The van der Waals surface area contributed by atoms with Gasteiger partial charge in [-0.1, -0.05) is 41.4 Å². The molecule has 4 aromatic rings. The summed E-state index contributed by atoms with van der Waals surface area (Å²) in [5.74, 6) is 0.599. The van der Waals surface area contributed by atoms with E-state index in [1.54, 1.807) is 19.2 Å². The molecule has 2 aromatic heterocycles. The fourth-order valence-corrected chi connectivity index (χ4v) is 4.22. The second-order valence-corrected chi connectivity index (χ2v) is 8.05. The number of aryl methyl sites for hydroxylation is 1. The average molecular weight is 446 g/mol. The number of methoxy groups -OCH3 is 1. The van der Waals surface area contributed by atoms with E-state index in [9.17, 15) is 4.79 Å². The molecule has 7 heteroatoms. The lowest BCUT2D eigenvalue weighted by molar-refractivity contribution is 0.0678. The van der Waals surface area contributed by atoms with Crippen LogP contribution in [0.1, 0.15) is 39.7 Å². The highest BCUT2D eigenvalue weighted by atomic mass is 35.5. The highest BCUT2D eigenvalue weighted by Crippen LogP contribution is 2.38. The predicted molar refractivity (Wildman–Crippen MR) is 123 cm³/mol. The highest BCUT2D eigenvalue weighted by molar-refractivity contribution is 6.30. The molecule has 1 amide bonds. The Morgan fingerprint density at radius 1 is 1.16 bits per heavy atom. The summed E-state index contributed by atoms with van der Waals surface area (Å²) < 4.78 is 10.6. The van der Waals surface area contributed by atoms with E-state index in [0.29, 0.717) is 17.3 Å². The van der Waals surface area contributed by atoms with Crippen LogP contribution in [0.5, 0.6) is 5.75 Å². The van der Waals surface area contributed by atoms with Crippen LogP contribution in [0.4, 0.5) is 0 Å². The van der Waals surface area contributed by atoms with Gasteiger partial charge in [0, 0.05) is 23.4 Å². The van der Waals surface area contributed by atoms with Gasteiger partial charge in [0.15, 0.2) is 5.76 Å².